The van der Waals surface area contributed by atoms with E-state index in [1.807, 2.05) is 12.1 Å². The first-order valence-corrected chi connectivity index (χ1v) is 6.27. The molecule has 0 spiro atoms. The summed E-state index contributed by atoms with van der Waals surface area (Å²) in [6.07, 6.45) is 0. The summed E-state index contributed by atoms with van der Waals surface area (Å²) >= 11 is 0. The molecule has 0 bridgehead atoms. The van der Waals surface area contributed by atoms with Gasteiger partial charge in [-0.3, -0.25) is 4.90 Å². The van der Waals surface area contributed by atoms with E-state index in [2.05, 4.69) is 24.0 Å². The van der Waals surface area contributed by atoms with Crippen molar-refractivity contribution < 1.29 is 9.84 Å². The molecule has 0 aromatic heterocycles. The fraction of sp³-hybridized carbons (Fsp3) is 0.571. The fourth-order valence-electron chi connectivity index (χ4n) is 2.39. The van der Waals surface area contributed by atoms with Crippen molar-refractivity contribution in [2.45, 2.75) is 12.8 Å². The Balaban J connectivity index is 2.03. The maximum Gasteiger partial charge on any atom is 0.0594 e. The minimum Gasteiger partial charge on any atom is -0.396 e. The topological polar surface area (TPSA) is 32.7 Å². The molecule has 1 aromatic carbocycles. The van der Waals surface area contributed by atoms with Crippen LogP contribution in [-0.2, 0) is 4.74 Å². The molecule has 0 aliphatic carbocycles. The number of ether oxygens (including phenoxy) is 1. The largest absolute Gasteiger partial charge is 0.396 e. The van der Waals surface area contributed by atoms with Crippen LogP contribution in [0.5, 0.6) is 0 Å². The third kappa shape index (κ3) is 3.28. The molecule has 3 heteroatoms. The SMILES string of the molecule is Cc1ccccc1C(CO)CN1CCOCC1. The van der Waals surface area contributed by atoms with Gasteiger partial charge >= 0.3 is 0 Å². The molecular formula is C14H21NO2. The first kappa shape index (κ1) is 12.6. The molecule has 1 heterocycles. The third-order valence-corrected chi connectivity index (χ3v) is 3.43. The van der Waals surface area contributed by atoms with E-state index in [-0.39, 0.29) is 12.5 Å². The van der Waals surface area contributed by atoms with Crippen molar-refractivity contribution in [3.05, 3.63) is 35.4 Å². The predicted octanol–water partition coefficient (Wildman–Crippen LogP) is 1.40. The highest BCUT2D eigenvalue weighted by atomic mass is 16.5. The first-order chi connectivity index (χ1) is 8.31. The number of morpholine rings is 1. The number of rotatable bonds is 4. The van der Waals surface area contributed by atoms with Crippen LogP contribution in [0, 0.1) is 6.92 Å². The molecule has 1 fully saturated rings. The van der Waals surface area contributed by atoms with E-state index >= 15 is 0 Å². The zero-order valence-electron chi connectivity index (χ0n) is 10.4. The van der Waals surface area contributed by atoms with E-state index < -0.39 is 0 Å². The molecule has 17 heavy (non-hydrogen) atoms. The van der Waals surface area contributed by atoms with E-state index in [4.69, 9.17) is 4.74 Å². The average molecular weight is 235 g/mol. The normalized spacial score (nSPS) is 19.2. The van der Waals surface area contributed by atoms with Gasteiger partial charge in [-0.05, 0) is 18.1 Å². The monoisotopic (exact) mass is 235 g/mol. The van der Waals surface area contributed by atoms with Gasteiger partial charge in [-0.15, -0.1) is 0 Å². The van der Waals surface area contributed by atoms with E-state index in [0.717, 1.165) is 32.8 Å². The van der Waals surface area contributed by atoms with Crippen LogP contribution in [-0.4, -0.2) is 49.5 Å². The van der Waals surface area contributed by atoms with Crippen LogP contribution in [0.15, 0.2) is 24.3 Å². The van der Waals surface area contributed by atoms with Crippen molar-refractivity contribution in [3.8, 4) is 0 Å². The lowest BCUT2D eigenvalue weighted by Gasteiger charge is -2.30. The minimum absolute atomic E-state index is 0.211. The first-order valence-electron chi connectivity index (χ1n) is 6.27. The molecule has 3 nitrogen and oxygen atoms in total. The van der Waals surface area contributed by atoms with Gasteiger partial charge < -0.3 is 9.84 Å². The van der Waals surface area contributed by atoms with Gasteiger partial charge in [0.25, 0.3) is 0 Å². The lowest BCUT2D eigenvalue weighted by molar-refractivity contribution is 0.0319. The summed E-state index contributed by atoms with van der Waals surface area (Å²) in [5.41, 5.74) is 2.53. The molecule has 2 rings (SSSR count). The van der Waals surface area contributed by atoms with Crippen LogP contribution in [0.25, 0.3) is 0 Å². The molecule has 1 unspecified atom stereocenters. The number of nitrogens with zero attached hydrogens (tertiary/aromatic N) is 1. The summed E-state index contributed by atoms with van der Waals surface area (Å²) < 4.78 is 5.34. The van der Waals surface area contributed by atoms with Crippen molar-refractivity contribution in [1.82, 2.24) is 4.90 Å². The van der Waals surface area contributed by atoms with Gasteiger partial charge in [-0.1, -0.05) is 24.3 Å². The number of benzene rings is 1. The molecule has 1 aliphatic rings. The number of hydrogen-bond donors (Lipinski definition) is 1. The number of aliphatic hydroxyl groups excluding tert-OH is 1. The van der Waals surface area contributed by atoms with Gasteiger partial charge in [0.15, 0.2) is 0 Å². The van der Waals surface area contributed by atoms with Crippen LogP contribution >= 0.6 is 0 Å². The predicted molar refractivity (Wildman–Crippen MR) is 68.3 cm³/mol. The van der Waals surface area contributed by atoms with Crippen molar-refractivity contribution in [1.29, 1.82) is 0 Å². The lowest BCUT2D eigenvalue weighted by Crippen LogP contribution is -2.39. The van der Waals surface area contributed by atoms with Crippen molar-refractivity contribution in [2.24, 2.45) is 0 Å². The Morgan fingerprint density at radius 1 is 1.29 bits per heavy atom. The van der Waals surface area contributed by atoms with Gasteiger partial charge in [0, 0.05) is 25.6 Å². The maximum absolute atomic E-state index is 9.58. The second-order valence-corrected chi connectivity index (χ2v) is 4.65. The Morgan fingerprint density at radius 3 is 2.65 bits per heavy atom. The molecular weight excluding hydrogens is 214 g/mol. The summed E-state index contributed by atoms with van der Waals surface area (Å²) in [7, 11) is 0. The minimum atomic E-state index is 0.211. The van der Waals surface area contributed by atoms with Crippen LogP contribution in [0.2, 0.25) is 0 Å². The highest BCUT2D eigenvalue weighted by molar-refractivity contribution is 5.29. The van der Waals surface area contributed by atoms with Gasteiger partial charge in [0.1, 0.15) is 0 Å². The van der Waals surface area contributed by atoms with Crippen molar-refractivity contribution in [3.63, 3.8) is 0 Å². The summed E-state index contributed by atoms with van der Waals surface area (Å²) in [5.74, 6) is 0.217. The molecule has 1 aliphatic heterocycles. The number of aryl methyl sites for hydroxylation is 1. The van der Waals surface area contributed by atoms with E-state index in [1.54, 1.807) is 0 Å². The second kappa shape index (κ2) is 6.15. The van der Waals surface area contributed by atoms with Gasteiger partial charge in [-0.2, -0.15) is 0 Å². The molecule has 0 radical (unpaired) electrons. The number of hydrogen-bond acceptors (Lipinski definition) is 3. The molecule has 94 valence electrons. The lowest BCUT2D eigenvalue weighted by atomic mass is 9.95. The Kier molecular flexibility index (Phi) is 4.54. The highest BCUT2D eigenvalue weighted by Crippen LogP contribution is 2.20. The quantitative estimate of drug-likeness (QED) is 0.856. The van der Waals surface area contributed by atoms with Crippen LogP contribution in [0.1, 0.15) is 17.0 Å². The van der Waals surface area contributed by atoms with Crippen LogP contribution in [0.4, 0.5) is 0 Å². The Bertz CT molecular complexity index is 348. The molecule has 0 saturated carbocycles. The molecule has 1 saturated heterocycles. The molecule has 1 N–H and O–H groups in total. The molecule has 1 aromatic rings. The molecule has 1 atom stereocenters. The zero-order chi connectivity index (χ0) is 12.1. The van der Waals surface area contributed by atoms with Gasteiger partial charge in [0.05, 0.1) is 19.8 Å². The number of aliphatic hydroxyl groups is 1. The zero-order valence-corrected chi connectivity index (χ0v) is 10.4. The summed E-state index contributed by atoms with van der Waals surface area (Å²) in [4.78, 5) is 2.37. The third-order valence-electron chi connectivity index (χ3n) is 3.43. The highest BCUT2D eigenvalue weighted by Gasteiger charge is 2.18. The Labute approximate surface area is 103 Å². The standard InChI is InChI=1S/C14H21NO2/c1-12-4-2-3-5-14(12)13(11-16)10-15-6-8-17-9-7-15/h2-5,13,16H,6-11H2,1H3. The average Bonchev–Trinajstić information content (AvgIpc) is 2.38. The second-order valence-electron chi connectivity index (χ2n) is 4.65. The van der Waals surface area contributed by atoms with Crippen LogP contribution in [0.3, 0.4) is 0 Å². The fourth-order valence-corrected chi connectivity index (χ4v) is 2.39. The van der Waals surface area contributed by atoms with Crippen molar-refractivity contribution >= 4 is 0 Å². The van der Waals surface area contributed by atoms with Gasteiger partial charge in [0.2, 0.25) is 0 Å². The van der Waals surface area contributed by atoms with Crippen molar-refractivity contribution in [2.75, 3.05) is 39.5 Å². The van der Waals surface area contributed by atoms with Gasteiger partial charge in [-0.25, -0.2) is 0 Å². The van der Waals surface area contributed by atoms with E-state index in [0.29, 0.717) is 0 Å². The maximum atomic E-state index is 9.58. The summed E-state index contributed by atoms with van der Waals surface area (Å²) in [6, 6.07) is 8.32. The van der Waals surface area contributed by atoms with E-state index in [1.165, 1.54) is 11.1 Å². The summed E-state index contributed by atoms with van der Waals surface area (Å²) in [6.45, 7) is 6.81. The molecule has 0 amide bonds. The van der Waals surface area contributed by atoms with Crippen LogP contribution < -0.4 is 0 Å². The summed E-state index contributed by atoms with van der Waals surface area (Å²) in [5, 5.41) is 9.58. The van der Waals surface area contributed by atoms with E-state index in [9.17, 15) is 5.11 Å². The Morgan fingerprint density at radius 2 is 2.00 bits per heavy atom. The smallest absolute Gasteiger partial charge is 0.0594 e. The Hall–Kier alpha value is -0.900.